The summed E-state index contributed by atoms with van der Waals surface area (Å²) in [6.45, 7) is 3.53. The molecule has 0 aromatic heterocycles. The number of nitrogens with zero attached hydrogens (tertiary/aromatic N) is 2. The summed E-state index contributed by atoms with van der Waals surface area (Å²) < 4.78 is 17.2. The van der Waals surface area contributed by atoms with Crippen LogP contribution < -0.4 is 24.8 Å². The zero-order valence-corrected chi connectivity index (χ0v) is 20.1. The molecule has 2 aromatic carbocycles. The molecule has 7 nitrogen and oxygen atoms in total. The number of hydrogen-bond acceptors (Lipinski definition) is 5. The third-order valence-electron chi connectivity index (χ3n) is 4.40. The van der Waals surface area contributed by atoms with Crippen LogP contribution in [-0.2, 0) is 6.54 Å². The topological polar surface area (TPSA) is 67.4 Å². The Kier molecular flexibility index (Phi) is 10.0. The van der Waals surface area contributed by atoms with Crippen molar-refractivity contribution in [2.45, 2.75) is 13.0 Å². The van der Waals surface area contributed by atoms with Crippen LogP contribution in [0.2, 0.25) is 0 Å². The molecule has 0 atom stereocenters. The second-order valence-corrected chi connectivity index (χ2v) is 7.06. The normalized spacial score (nSPS) is 13.3. The van der Waals surface area contributed by atoms with E-state index >= 15 is 0 Å². The molecule has 164 valence electrons. The molecule has 0 spiro atoms. The van der Waals surface area contributed by atoms with Crippen molar-refractivity contribution in [1.82, 2.24) is 10.2 Å². The first-order valence-electron chi connectivity index (χ1n) is 9.88. The first kappa shape index (κ1) is 24.1. The highest BCUT2D eigenvalue weighted by atomic mass is 127. The number of rotatable bonds is 7. The number of fused-ring (bicyclic) bond motifs is 1. The van der Waals surface area contributed by atoms with Crippen molar-refractivity contribution in [3.8, 4) is 17.2 Å². The summed E-state index contributed by atoms with van der Waals surface area (Å²) in [5.74, 6) is 3.09. The first-order valence-corrected chi connectivity index (χ1v) is 9.88. The molecule has 0 amide bonds. The summed E-state index contributed by atoms with van der Waals surface area (Å²) in [7, 11) is 5.82. The highest BCUT2D eigenvalue weighted by Gasteiger charge is 2.11. The largest absolute Gasteiger partial charge is 0.492 e. The monoisotopic (exact) mass is 526 g/mol. The van der Waals surface area contributed by atoms with Gasteiger partial charge in [-0.05, 0) is 43.9 Å². The van der Waals surface area contributed by atoms with Crippen LogP contribution in [0.5, 0.6) is 17.2 Å². The van der Waals surface area contributed by atoms with E-state index in [0.717, 1.165) is 41.5 Å². The van der Waals surface area contributed by atoms with Gasteiger partial charge in [-0.1, -0.05) is 12.1 Å². The summed E-state index contributed by atoms with van der Waals surface area (Å²) in [5.41, 5.74) is 2.01. The van der Waals surface area contributed by atoms with Crippen LogP contribution in [0.3, 0.4) is 0 Å². The van der Waals surface area contributed by atoms with Crippen molar-refractivity contribution in [1.29, 1.82) is 0 Å². The fraction of sp³-hybridized carbons (Fsp3) is 0.409. The van der Waals surface area contributed by atoms with Gasteiger partial charge in [-0.15, -0.1) is 24.0 Å². The zero-order valence-electron chi connectivity index (χ0n) is 17.8. The molecule has 30 heavy (non-hydrogen) atoms. The zero-order chi connectivity index (χ0) is 20.5. The number of hydrogen-bond donors (Lipinski definition) is 2. The Balaban J connectivity index is 0.00000320. The quantitative estimate of drug-likeness (QED) is 0.327. The summed E-state index contributed by atoms with van der Waals surface area (Å²) >= 11 is 0. The van der Waals surface area contributed by atoms with Gasteiger partial charge in [-0.25, -0.2) is 0 Å². The summed E-state index contributed by atoms with van der Waals surface area (Å²) in [5, 5.41) is 6.63. The molecular formula is C22H31IN4O3. The number of ether oxygens (including phenoxy) is 3. The lowest BCUT2D eigenvalue weighted by Crippen LogP contribution is -2.30. The number of halogens is 1. The molecule has 1 heterocycles. The molecule has 3 rings (SSSR count). The number of aliphatic imine (C=N–C) groups is 1. The van der Waals surface area contributed by atoms with Gasteiger partial charge < -0.3 is 29.7 Å². The maximum absolute atomic E-state index is 5.81. The highest BCUT2D eigenvalue weighted by Crippen LogP contribution is 2.32. The van der Waals surface area contributed by atoms with Crippen LogP contribution in [0, 0.1) is 0 Å². The molecule has 2 N–H and O–H groups in total. The van der Waals surface area contributed by atoms with E-state index in [1.165, 1.54) is 0 Å². The lowest BCUT2D eigenvalue weighted by molar-refractivity contribution is 0.261. The minimum Gasteiger partial charge on any atom is -0.492 e. The number of guanidine groups is 1. The fourth-order valence-corrected chi connectivity index (χ4v) is 2.83. The third kappa shape index (κ3) is 7.56. The van der Waals surface area contributed by atoms with E-state index in [9.17, 15) is 0 Å². The van der Waals surface area contributed by atoms with Gasteiger partial charge in [0.2, 0.25) is 0 Å². The van der Waals surface area contributed by atoms with Gasteiger partial charge in [-0.3, -0.25) is 4.99 Å². The van der Waals surface area contributed by atoms with Gasteiger partial charge in [0.1, 0.15) is 12.4 Å². The van der Waals surface area contributed by atoms with Crippen molar-refractivity contribution in [3.05, 3.63) is 48.0 Å². The minimum atomic E-state index is 0. The average molecular weight is 526 g/mol. The van der Waals surface area contributed by atoms with Crippen LogP contribution >= 0.6 is 24.0 Å². The minimum absolute atomic E-state index is 0. The second-order valence-electron chi connectivity index (χ2n) is 7.06. The third-order valence-corrected chi connectivity index (χ3v) is 4.40. The van der Waals surface area contributed by atoms with E-state index in [2.05, 4.69) is 26.6 Å². The number of likely N-dealkylation sites (N-methyl/N-ethyl adjacent to an activating group) is 1. The van der Waals surface area contributed by atoms with Gasteiger partial charge in [-0.2, -0.15) is 0 Å². The molecule has 0 saturated heterocycles. The summed E-state index contributed by atoms with van der Waals surface area (Å²) in [4.78, 5) is 6.40. The highest BCUT2D eigenvalue weighted by molar-refractivity contribution is 14.0. The molecule has 8 heteroatoms. The van der Waals surface area contributed by atoms with E-state index in [0.29, 0.717) is 32.3 Å². The Morgan fingerprint density at radius 3 is 2.67 bits per heavy atom. The lowest BCUT2D eigenvalue weighted by Gasteiger charge is -2.15. The van der Waals surface area contributed by atoms with E-state index in [1.54, 1.807) is 7.05 Å². The maximum Gasteiger partial charge on any atom is 0.195 e. The van der Waals surface area contributed by atoms with Crippen LogP contribution in [0.1, 0.15) is 12.0 Å². The van der Waals surface area contributed by atoms with Gasteiger partial charge in [0.05, 0.1) is 13.2 Å². The molecule has 0 unspecified atom stereocenters. The SMILES string of the molecule is CN=C(NCc1cccc(OCCN(C)C)c1)Nc1ccc2c(c1)OCCCO2.I. The van der Waals surface area contributed by atoms with Gasteiger partial charge in [0.15, 0.2) is 17.5 Å². The van der Waals surface area contributed by atoms with E-state index in [1.807, 2.05) is 50.5 Å². The second kappa shape index (κ2) is 12.5. The molecule has 1 aliphatic heterocycles. The Hall–Kier alpha value is -2.20. The number of anilines is 1. The predicted molar refractivity (Wildman–Crippen MR) is 132 cm³/mol. The summed E-state index contributed by atoms with van der Waals surface area (Å²) in [6, 6.07) is 13.9. The molecule has 1 aliphatic rings. The van der Waals surface area contributed by atoms with Gasteiger partial charge in [0, 0.05) is 38.3 Å². The Morgan fingerprint density at radius 1 is 1.10 bits per heavy atom. The Morgan fingerprint density at radius 2 is 1.90 bits per heavy atom. The van der Waals surface area contributed by atoms with E-state index in [-0.39, 0.29) is 24.0 Å². The van der Waals surface area contributed by atoms with Crippen molar-refractivity contribution in [3.63, 3.8) is 0 Å². The predicted octanol–water partition coefficient (Wildman–Crippen LogP) is 3.59. The number of nitrogens with one attached hydrogen (secondary N) is 2. The fourth-order valence-electron chi connectivity index (χ4n) is 2.83. The smallest absolute Gasteiger partial charge is 0.195 e. The Bertz CT molecular complexity index is 830. The molecule has 0 aliphatic carbocycles. The van der Waals surface area contributed by atoms with E-state index in [4.69, 9.17) is 14.2 Å². The summed E-state index contributed by atoms with van der Waals surface area (Å²) in [6.07, 6.45) is 0.887. The van der Waals surface area contributed by atoms with Crippen molar-refractivity contribution in [2.75, 3.05) is 52.8 Å². The van der Waals surface area contributed by atoms with Crippen LogP contribution in [0.4, 0.5) is 5.69 Å². The Labute approximate surface area is 195 Å². The van der Waals surface area contributed by atoms with Crippen molar-refractivity contribution >= 4 is 35.6 Å². The molecule has 2 aromatic rings. The number of benzene rings is 2. The molecule has 0 radical (unpaired) electrons. The molecule has 0 bridgehead atoms. The van der Waals surface area contributed by atoms with Crippen molar-refractivity contribution in [2.24, 2.45) is 4.99 Å². The van der Waals surface area contributed by atoms with Crippen LogP contribution in [-0.4, -0.2) is 58.4 Å². The standard InChI is InChI=1S/C22H30N4O3.HI/c1-23-22(25-18-8-9-20-21(15-18)29-12-5-11-28-20)24-16-17-6-4-7-19(14-17)27-13-10-26(2)3;/h4,6-9,14-15H,5,10-13,16H2,1-3H3,(H2,23,24,25);1H. The maximum atomic E-state index is 5.81. The molecule has 0 saturated carbocycles. The van der Waals surface area contributed by atoms with Crippen molar-refractivity contribution < 1.29 is 14.2 Å². The average Bonchev–Trinajstić information content (AvgIpc) is 2.96. The van der Waals surface area contributed by atoms with Gasteiger partial charge in [0.25, 0.3) is 0 Å². The van der Waals surface area contributed by atoms with Crippen LogP contribution in [0.25, 0.3) is 0 Å². The lowest BCUT2D eigenvalue weighted by atomic mass is 10.2. The molecule has 0 fully saturated rings. The van der Waals surface area contributed by atoms with E-state index < -0.39 is 0 Å². The molecular weight excluding hydrogens is 495 g/mol. The van der Waals surface area contributed by atoms with Crippen LogP contribution in [0.15, 0.2) is 47.5 Å². The van der Waals surface area contributed by atoms with Gasteiger partial charge >= 0.3 is 0 Å². The first-order chi connectivity index (χ1) is 14.1.